The number of rotatable bonds is 4. The fourth-order valence-electron chi connectivity index (χ4n) is 5.41. The van der Waals surface area contributed by atoms with Crippen molar-refractivity contribution in [3.8, 4) is 5.69 Å². The quantitative estimate of drug-likeness (QED) is 0.565. The number of nitrogens with one attached hydrogen (secondary N) is 1. The van der Waals surface area contributed by atoms with E-state index in [1.807, 2.05) is 34.7 Å². The summed E-state index contributed by atoms with van der Waals surface area (Å²) in [6.45, 7) is 11.3. The molecular weight excluding hydrogens is 458 g/mol. The van der Waals surface area contributed by atoms with Gasteiger partial charge in [-0.25, -0.2) is 4.68 Å². The van der Waals surface area contributed by atoms with Gasteiger partial charge in [-0.15, -0.1) is 0 Å². The largest absolute Gasteiger partial charge is 0.368 e. The lowest BCUT2D eigenvalue weighted by Crippen LogP contribution is -2.49. The van der Waals surface area contributed by atoms with Crippen LogP contribution in [0.3, 0.4) is 0 Å². The molecule has 0 saturated carbocycles. The maximum Gasteiger partial charge on any atom is 0.257 e. The normalized spacial score (nSPS) is 17.1. The van der Waals surface area contributed by atoms with Gasteiger partial charge in [0.15, 0.2) is 0 Å². The zero-order chi connectivity index (χ0) is 24.5. The van der Waals surface area contributed by atoms with E-state index in [-0.39, 0.29) is 11.8 Å². The molecule has 184 valence electrons. The van der Waals surface area contributed by atoms with Crippen LogP contribution in [0.1, 0.15) is 51.5 Å². The molecule has 7 heteroatoms. The molecule has 5 rings (SSSR count). The predicted octanol–water partition coefficient (Wildman–Crippen LogP) is 4.88. The number of piperazine rings is 1. The molecule has 2 saturated heterocycles. The van der Waals surface area contributed by atoms with Crippen LogP contribution in [0, 0.1) is 20.8 Å². The summed E-state index contributed by atoms with van der Waals surface area (Å²) in [4.78, 5) is 18.2. The second kappa shape index (κ2) is 10.0. The highest BCUT2D eigenvalue weighted by Crippen LogP contribution is 2.33. The topological polar surface area (TPSA) is 53.4 Å². The zero-order valence-corrected chi connectivity index (χ0v) is 21.6. The average Bonchev–Trinajstić information content (AvgIpc) is 3.32. The van der Waals surface area contributed by atoms with Crippen LogP contribution in [0.15, 0.2) is 42.6 Å². The van der Waals surface area contributed by atoms with E-state index in [0.717, 1.165) is 61.5 Å². The first-order valence-corrected chi connectivity index (χ1v) is 13.0. The summed E-state index contributed by atoms with van der Waals surface area (Å²) in [5, 5.41) is 8.90. The van der Waals surface area contributed by atoms with Crippen molar-refractivity contribution < 1.29 is 4.79 Å². The van der Waals surface area contributed by atoms with E-state index in [9.17, 15) is 4.79 Å². The molecule has 2 aliphatic rings. The first kappa shape index (κ1) is 23.9. The minimum atomic E-state index is 0.0880. The third-order valence-electron chi connectivity index (χ3n) is 7.50. The van der Waals surface area contributed by atoms with Crippen molar-refractivity contribution in [1.29, 1.82) is 0 Å². The number of anilines is 1. The highest BCUT2D eigenvalue weighted by Gasteiger charge is 2.31. The summed E-state index contributed by atoms with van der Waals surface area (Å²) >= 11 is 6.45. The molecule has 0 bridgehead atoms. The van der Waals surface area contributed by atoms with Crippen LogP contribution in [0.25, 0.3) is 5.69 Å². The lowest BCUT2D eigenvalue weighted by molar-refractivity contribution is 0.0744. The van der Waals surface area contributed by atoms with Crippen molar-refractivity contribution in [2.24, 2.45) is 0 Å². The number of benzene rings is 2. The number of amides is 1. The third-order valence-corrected chi connectivity index (χ3v) is 7.91. The summed E-state index contributed by atoms with van der Waals surface area (Å²) in [7, 11) is 0. The van der Waals surface area contributed by atoms with Crippen LogP contribution in [-0.2, 0) is 0 Å². The average molecular weight is 492 g/mol. The summed E-state index contributed by atoms with van der Waals surface area (Å²) in [5.41, 5.74) is 7.51. The maximum absolute atomic E-state index is 13.8. The van der Waals surface area contributed by atoms with Crippen molar-refractivity contribution in [3.05, 3.63) is 75.6 Å². The monoisotopic (exact) mass is 491 g/mol. The van der Waals surface area contributed by atoms with E-state index in [2.05, 4.69) is 42.3 Å². The standard InChI is InChI=1S/C28H34ClN5O/c1-19-7-8-20(2)26(17-19)32-13-15-33(16-14-32)28(35)23-18-31-34(25-6-4-5-24(29)21(25)3)27(23)22-9-11-30-12-10-22/h4-8,17-18,22,30H,9-16H2,1-3H3. The van der Waals surface area contributed by atoms with E-state index in [4.69, 9.17) is 16.7 Å². The first-order valence-electron chi connectivity index (χ1n) is 12.6. The fourth-order valence-corrected chi connectivity index (χ4v) is 5.58. The van der Waals surface area contributed by atoms with Gasteiger partial charge in [0, 0.05) is 42.8 Å². The number of hydrogen-bond donors (Lipinski definition) is 1. The van der Waals surface area contributed by atoms with E-state index in [1.54, 1.807) is 6.20 Å². The van der Waals surface area contributed by atoms with Gasteiger partial charge in [0.2, 0.25) is 0 Å². The highest BCUT2D eigenvalue weighted by molar-refractivity contribution is 6.31. The molecule has 2 aliphatic heterocycles. The van der Waals surface area contributed by atoms with Gasteiger partial charge in [-0.05, 0) is 81.6 Å². The van der Waals surface area contributed by atoms with Crippen molar-refractivity contribution in [2.45, 2.75) is 39.5 Å². The van der Waals surface area contributed by atoms with Gasteiger partial charge in [0.1, 0.15) is 0 Å². The Morgan fingerprint density at radius 1 is 1.00 bits per heavy atom. The molecule has 3 aromatic rings. The molecule has 0 radical (unpaired) electrons. The van der Waals surface area contributed by atoms with Gasteiger partial charge in [-0.1, -0.05) is 29.8 Å². The van der Waals surface area contributed by atoms with Crippen molar-refractivity contribution >= 4 is 23.2 Å². The molecule has 0 spiro atoms. The minimum Gasteiger partial charge on any atom is -0.368 e. The lowest BCUT2D eigenvalue weighted by atomic mass is 9.91. The van der Waals surface area contributed by atoms with Crippen LogP contribution < -0.4 is 10.2 Å². The smallest absolute Gasteiger partial charge is 0.257 e. The molecule has 1 aromatic heterocycles. The molecule has 1 amide bonds. The molecule has 1 N–H and O–H groups in total. The molecule has 2 aromatic carbocycles. The number of aromatic nitrogens is 2. The fraction of sp³-hybridized carbons (Fsp3) is 0.429. The molecule has 2 fully saturated rings. The van der Waals surface area contributed by atoms with E-state index in [1.165, 1.54) is 16.8 Å². The van der Waals surface area contributed by atoms with Crippen LogP contribution in [0.2, 0.25) is 5.02 Å². The number of carbonyl (C=O) groups is 1. The van der Waals surface area contributed by atoms with Gasteiger partial charge < -0.3 is 15.1 Å². The Morgan fingerprint density at radius 2 is 1.74 bits per heavy atom. The van der Waals surface area contributed by atoms with Crippen LogP contribution >= 0.6 is 11.6 Å². The Hall–Kier alpha value is -2.83. The molecule has 0 atom stereocenters. The van der Waals surface area contributed by atoms with Gasteiger partial charge in [-0.3, -0.25) is 4.79 Å². The summed E-state index contributed by atoms with van der Waals surface area (Å²) in [6.07, 6.45) is 3.76. The third kappa shape index (κ3) is 4.69. The number of aryl methyl sites for hydroxylation is 2. The van der Waals surface area contributed by atoms with Gasteiger partial charge in [0.05, 0.1) is 23.1 Å². The van der Waals surface area contributed by atoms with Crippen molar-refractivity contribution in [2.75, 3.05) is 44.2 Å². The first-order chi connectivity index (χ1) is 16.9. The number of carbonyl (C=O) groups excluding carboxylic acids is 1. The summed E-state index contributed by atoms with van der Waals surface area (Å²) in [6, 6.07) is 12.5. The molecule has 35 heavy (non-hydrogen) atoms. The Kier molecular flexibility index (Phi) is 6.85. The Morgan fingerprint density at radius 3 is 2.49 bits per heavy atom. The van der Waals surface area contributed by atoms with Crippen LogP contribution in [-0.4, -0.2) is 59.9 Å². The molecule has 0 aliphatic carbocycles. The van der Waals surface area contributed by atoms with Crippen molar-refractivity contribution in [3.63, 3.8) is 0 Å². The van der Waals surface area contributed by atoms with E-state index in [0.29, 0.717) is 18.1 Å². The number of halogens is 1. The second-order valence-corrected chi connectivity index (χ2v) is 10.2. The SMILES string of the molecule is Cc1ccc(C)c(N2CCN(C(=O)c3cnn(-c4cccc(Cl)c4C)c3C3CCNCC3)CC2)c1. The number of nitrogens with zero attached hydrogens (tertiary/aromatic N) is 4. The maximum atomic E-state index is 13.8. The van der Waals surface area contributed by atoms with Crippen molar-refractivity contribution in [1.82, 2.24) is 20.0 Å². The minimum absolute atomic E-state index is 0.0880. The Bertz CT molecular complexity index is 1220. The number of hydrogen-bond acceptors (Lipinski definition) is 4. The second-order valence-electron chi connectivity index (χ2n) is 9.83. The molecule has 6 nitrogen and oxygen atoms in total. The highest BCUT2D eigenvalue weighted by atomic mass is 35.5. The van der Waals surface area contributed by atoms with Crippen LogP contribution in [0.4, 0.5) is 5.69 Å². The molecule has 0 unspecified atom stereocenters. The number of piperidine rings is 1. The van der Waals surface area contributed by atoms with E-state index >= 15 is 0 Å². The van der Waals surface area contributed by atoms with Gasteiger partial charge in [0.25, 0.3) is 5.91 Å². The summed E-state index contributed by atoms with van der Waals surface area (Å²) in [5.74, 6) is 0.373. The lowest BCUT2D eigenvalue weighted by Gasteiger charge is -2.37. The Balaban J connectivity index is 1.42. The Labute approximate surface area is 212 Å². The molecular formula is C28H34ClN5O. The summed E-state index contributed by atoms with van der Waals surface area (Å²) < 4.78 is 1.97. The van der Waals surface area contributed by atoms with E-state index < -0.39 is 0 Å². The zero-order valence-electron chi connectivity index (χ0n) is 20.9. The predicted molar refractivity (Wildman–Crippen MR) is 142 cm³/mol. The van der Waals surface area contributed by atoms with Gasteiger partial charge >= 0.3 is 0 Å². The van der Waals surface area contributed by atoms with Crippen LogP contribution in [0.5, 0.6) is 0 Å². The molecule has 3 heterocycles. The van der Waals surface area contributed by atoms with Gasteiger partial charge in [-0.2, -0.15) is 5.10 Å².